The highest BCUT2D eigenvalue weighted by atomic mass is 16.4. The molecule has 1 aromatic heterocycles. The van der Waals surface area contributed by atoms with Crippen molar-refractivity contribution in [1.29, 1.82) is 0 Å². The highest BCUT2D eigenvalue weighted by Crippen LogP contribution is 2.32. The predicted molar refractivity (Wildman–Crippen MR) is 114 cm³/mol. The van der Waals surface area contributed by atoms with Crippen molar-refractivity contribution in [1.82, 2.24) is 10.2 Å². The van der Waals surface area contributed by atoms with Gasteiger partial charge in [0, 0.05) is 17.2 Å². The van der Waals surface area contributed by atoms with E-state index in [9.17, 15) is 5.11 Å². The lowest BCUT2D eigenvalue weighted by Gasteiger charge is -2.09. The van der Waals surface area contributed by atoms with Gasteiger partial charge in [0.2, 0.25) is 11.8 Å². The molecule has 0 aliphatic rings. The molecule has 0 aliphatic carbocycles. The van der Waals surface area contributed by atoms with Gasteiger partial charge in [0.15, 0.2) is 0 Å². The van der Waals surface area contributed by atoms with Gasteiger partial charge >= 0.3 is 0 Å². The van der Waals surface area contributed by atoms with Crippen LogP contribution in [0.1, 0.15) is 11.1 Å². The summed E-state index contributed by atoms with van der Waals surface area (Å²) in [5, 5.41) is 17.7. The smallest absolute Gasteiger partial charge is 0.248 e. The number of nitrogens with zero attached hydrogens (tertiary/aromatic N) is 2. The first-order valence-electron chi connectivity index (χ1n) is 9.60. The summed E-state index contributed by atoms with van der Waals surface area (Å²) in [5.41, 5.74) is 12.0. The van der Waals surface area contributed by atoms with Crippen molar-refractivity contribution in [3.05, 3.63) is 83.9 Å². The van der Waals surface area contributed by atoms with Crippen LogP contribution in [0.5, 0.6) is 0 Å². The van der Waals surface area contributed by atoms with E-state index in [4.69, 9.17) is 10.2 Å². The van der Waals surface area contributed by atoms with Crippen LogP contribution in [0.15, 0.2) is 77.2 Å². The van der Waals surface area contributed by atoms with Gasteiger partial charge in [-0.3, -0.25) is 0 Å². The molecule has 0 radical (unpaired) electrons. The second-order valence-corrected chi connectivity index (χ2v) is 7.10. The van der Waals surface area contributed by atoms with Crippen molar-refractivity contribution in [3.8, 4) is 34.0 Å². The van der Waals surface area contributed by atoms with Gasteiger partial charge in [-0.1, -0.05) is 54.6 Å². The van der Waals surface area contributed by atoms with Crippen LogP contribution in [0.25, 0.3) is 34.0 Å². The molecule has 4 aromatic rings. The van der Waals surface area contributed by atoms with Gasteiger partial charge in [0.1, 0.15) is 0 Å². The number of hydrogen-bond acceptors (Lipinski definition) is 5. The SMILES string of the molecule is Cc1c(-c2ccccc2)cccc1-c1nnc(-c2cccc(CC(N)CO)c2)o1. The van der Waals surface area contributed by atoms with Gasteiger partial charge in [-0.15, -0.1) is 10.2 Å². The topological polar surface area (TPSA) is 85.2 Å². The molecule has 3 aromatic carbocycles. The summed E-state index contributed by atoms with van der Waals surface area (Å²) in [5.74, 6) is 0.955. The van der Waals surface area contributed by atoms with Gasteiger partial charge in [-0.05, 0) is 53.8 Å². The summed E-state index contributed by atoms with van der Waals surface area (Å²) in [6.07, 6.45) is 0.587. The van der Waals surface area contributed by atoms with Crippen molar-refractivity contribution in [2.24, 2.45) is 5.73 Å². The Balaban J connectivity index is 1.66. The Hall–Kier alpha value is -3.28. The van der Waals surface area contributed by atoms with E-state index in [0.29, 0.717) is 18.2 Å². The first-order valence-corrected chi connectivity index (χ1v) is 9.60. The number of nitrogens with two attached hydrogens (primary N) is 1. The zero-order chi connectivity index (χ0) is 20.2. The molecule has 0 amide bonds. The van der Waals surface area contributed by atoms with Crippen LogP contribution in [-0.4, -0.2) is 28.0 Å². The first kappa shape index (κ1) is 19.1. The van der Waals surface area contributed by atoms with Crippen LogP contribution in [0.3, 0.4) is 0 Å². The molecule has 0 saturated heterocycles. The Morgan fingerprint density at radius 2 is 1.55 bits per heavy atom. The fourth-order valence-corrected chi connectivity index (χ4v) is 3.45. The maximum atomic E-state index is 9.18. The minimum atomic E-state index is -0.285. The van der Waals surface area contributed by atoms with Crippen LogP contribution in [0, 0.1) is 6.92 Å². The molecule has 0 spiro atoms. The molecule has 1 atom stereocenters. The molecule has 29 heavy (non-hydrogen) atoms. The van der Waals surface area contributed by atoms with E-state index >= 15 is 0 Å². The first-order chi connectivity index (χ1) is 14.2. The quantitative estimate of drug-likeness (QED) is 0.518. The molecule has 0 bridgehead atoms. The Morgan fingerprint density at radius 1 is 0.862 bits per heavy atom. The molecule has 0 saturated carbocycles. The predicted octanol–water partition coefficient (Wildman–Crippen LogP) is 4.24. The minimum absolute atomic E-state index is 0.0496. The molecule has 1 unspecified atom stereocenters. The van der Waals surface area contributed by atoms with Crippen molar-refractivity contribution in [2.45, 2.75) is 19.4 Å². The fourth-order valence-electron chi connectivity index (χ4n) is 3.45. The summed E-state index contributed by atoms with van der Waals surface area (Å²) in [7, 11) is 0. The van der Waals surface area contributed by atoms with Crippen LogP contribution in [0.4, 0.5) is 0 Å². The zero-order valence-electron chi connectivity index (χ0n) is 16.2. The highest BCUT2D eigenvalue weighted by Gasteiger charge is 2.15. The molecule has 146 valence electrons. The fraction of sp³-hybridized carbons (Fsp3) is 0.167. The van der Waals surface area contributed by atoms with Gasteiger partial charge in [-0.2, -0.15) is 0 Å². The van der Waals surface area contributed by atoms with Gasteiger partial charge in [0.05, 0.1) is 6.61 Å². The van der Waals surface area contributed by atoms with E-state index in [0.717, 1.165) is 33.4 Å². The third-order valence-electron chi connectivity index (χ3n) is 4.98. The number of benzene rings is 3. The average Bonchev–Trinajstić information content (AvgIpc) is 3.25. The van der Waals surface area contributed by atoms with Gasteiger partial charge in [0.25, 0.3) is 0 Å². The Kier molecular flexibility index (Phi) is 5.51. The van der Waals surface area contributed by atoms with E-state index in [1.165, 1.54) is 0 Å². The third-order valence-corrected chi connectivity index (χ3v) is 4.98. The number of aliphatic hydroxyl groups excluding tert-OH is 1. The molecular formula is C24H23N3O2. The second-order valence-electron chi connectivity index (χ2n) is 7.10. The molecule has 5 nitrogen and oxygen atoms in total. The zero-order valence-corrected chi connectivity index (χ0v) is 16.2. The normalized spacial score (nSPS) is 12.1. The van der Waals surface area contributed by atoms with E-state index in [1.54, 1.807) is 0 Å². The van der Waals surface area contributed by atoms with E-state index in [-0.39, 0.29) is 12.6 Å². The Bertz CT molecular complexity index is 1110. The summed E-state index contributed by atoms with van der Waals surface area (Å²) >= 11 is 0. The lowest BCUT2D eigenvalue weighted by atomic mass is 9.96. The largest absolute Gasteiger partial charge is 0.416 e. The molecule has 0 aliphatic heterocycles. The number of hydrogen-bond donors (Lipinski definition) is 2. The van der Waals surface area contributed by atoms with Crippen molar-refractivity contribution >= 4 is 0 Å². The van der Waals surface area contributed by atoms with E-state index < -0.39 is 0 Å². The van der Waals surface area contributed by atoms with Crippen LogP contribution >= 0.6 is 0 Å². The summed E-state index contributed by atoms with van der Waals surface area (Å²) in [6.45, 7) is 2.02. The maximum absolute atomic E-state index is 9.18. The van der Waals surface area contributed by atoms with Crippen molar-refractivity contribution < 1.29 is 9.52 Å². The minimum Gasteiger partial charge on any atom is -0.416 e. The van der Waals surface area contributed by atoms with Gasteiger partial charge < -0.3 is 15.3 Å². The lowest BCUT2D eigenvalue weighted by Crippen LogP contribution is -2.26. The summed E-state index contributed by atoms with van der Waals surface area (Å²) in [4.78, 5) is 0. The van der Waals surface area contributed by atoms with Crippen LogP contribution < -0.4 is 5.73 Å². The molecule has 5 heteroatoms. The average molecular weight is 385 g/mol. The Morgan fingerprint density at radius 3 is 2.34 bits per heavy atom. The van der Waals surface area contributed by atoms with Gasteiger partial charge in [-0.25, -0.2) is 0 Å². The summed E-state index contributed by atoms with van der Waals surface area (Å²) in [6, 6.07) is 23.9. The van der Waals surface area contributed by atoms with Crippen LogP contribution in [0.2, 0.25) is 0 Å². The summed E-state index contributed by atoms with van der Waals surface area (Å²) < 4.78 is 6.01. The van der Waals surface area contributed by atoms with E-state index in [1.807, 2.05) is 54.6 Å². The standard InChI is InChI=1S/C24H23N3O2/c1-16-21(18-8-3-2-4-9-18)11-6-12-22(16)24-27-26-23(29-24)19-10-5-7-17(13-19)14-20(25)15-28/h2-13,20,28H,14-15,25H2,1H3. The third kappa shape index (κ3) is 4.11. The number of rotatable bonds is 6. The molecule has 4 rings (SSSR count). The molecular weight excluding hydrogens is 362 g/mol. The Labute approximate surface area is 169 Å². The van der Waals surface area contributed by atoms with Crippen molar-refractivity contribution in [2.75, 3.05) is 6.61 Å². The maximum Gasteiger partial charge on any atom is 0.248 e. The lowest BCUT2D eigenvalue weighted by molar-refractivity contribution is 0.265. The molecule has 3 N–H and O–H groups in total. The van der Waals surface area contributed by atoms with E-state index in [2.05, 4.69) is 35.3 Å². The number of aliphatic hydroxyl groups is 1. The highest BCUT2D eigenvalue weighted by molar-refractivity contribution is 5.75. The molecule has 0 fully saturated rings. The number of aromatic nitrogens is 2. The second kappa shape index (κ2) is 8.39. The van der Waals surface area contributed by atoms with Crippen molar-refractivity contribution in [3.63, 3.8) is 0 Å². The monoisotopic (exact) mass is 385 g/mol. The van der Waals surface area contributed by atoms with Crippen LogP contribution in [-0.2, 0) is 6.42 Å². The molecule has 1 heterocycles.